The summed E-state index contributed by atoms with van der Waals surface area (Å²) >= 11 is 0. The van der Waals surface area contributed by atoms with Crippen LogP contribution in [0.4, 0.5) is 0 Å². The summed E-state index contributed by atoms with van der Waals surface area (Å²) in [4.78, 5) is 26.3. The summed E-state index contributed by atoms with van der Waals surface area (Å²) in [5, 5.41) is 0. The number of carbonyl (C=O) groups is 2. The second-order valence-corrected chi connectivity index (χ2v) is 12.2. The Morgan fingerprint density at radius 1 is 1.09 bits per heavy atom. The molecule has 5 heteroatoms. The summed E-state index contributed by atoms with van der Waals surface area (Å²) in [6, 6.07) is 0. The topological polar surface area (TPSA) is 78.6 Å². The maximum Gasteiger partial charge on any atom is 0.178 e. The molecule has 6 rings (SSSR count). The Morgan fingerprint density at radius 2 is 1.88 bits per heavy atom. The smallest absolute Gasteiger partial charge is 0.178 e. The quantitative estimate of drug-likeness (QED) is 0.573. The second kappa shape index (κ2) is 6.56. The Hall–Kier alpha value is -1.46. The molecule has 0 aromatic heterocycles. The second-order valence-electron chi connectivity index (χ2n) is 12.2. The number of hydrogen-bond donors (Lipinski definition) is 1. The van der Waals surface area contributed by atoms with Crippen molar-refractivity contribution in [1.82, 2.24) is 0 Å². The molecule has 0 unspecified atom stereocenters. The fraction of sp³-hybridized carbons (Fsp3) is 0.778. The van der Waals surface area contributed by atoms with Crippen LogP contribution < -0.4 is 5.73 Å². The number of ether oxygens (including phenoxy) is 2. The summed E-state index contributed by atoms with van der Waals surface area (Å²) in [6.45, 7) is 9.65. The molecule has 4 aliphatic carbocycles. The lowest BCUT2D eigenvalue weighted by Gasteiger charge is -2.57. The van der Waals surface area contributed by atoms with Crippen LogP contribution in [-0.2, 0) is 19.1 Å². The summed E-state index contributed by atoms with van der Waals surface area (Å²) in [5.74, 6) is 1.66. The molecule has 0 amide bonds. The number of hydrogen-bond acceptors (Lipinski definition) is 5. The van der Waals surface area contributed by atoms with Crippen molar-refractivity contribution in [1.29, 1.82) is 0 Å². The van der Waals surface area contributed by atoms with E-state index in [2.05, 4.69) is 33.8 Å². The van der Waals surface area contributed by atoms with Gasteiger partial charge in [0.1, 0.15) is 5.78 Å². The highest BCUT2D eigenvalue weighted by Gasteiger charge is 2.68. The zero-order chi connectivity index (χ0) is 22.6. The van der Waals surface area contributed by atoms with E-state index < -0.39 is 11.2 Å². The molecule has 0 radical (unpaired) electrons. The Morgan fingerprint density at radius 3 is 2.59 bits per heavy atom. The van der Waals surface area contributed by atoms with E-state index in [9.17, 15) is 9.59 Å². The Balaban J connectivity index is 1.37. The molecule has 174 valence electrons. The van der Waals surface area contributed by atoms with E-state index in [4.69, 9.17) is 15.2 Å². The first-order valence-corrected chi connectivity index (χ1v) is 12.7. The standard InChI is InChI=1S/C27H37NO4/c1-14-7-8-27(31-13-14)15(2)24-22(32-27)10-19-17-6-5-16-9-21(29)20(28)12-25(16,3)18(17)11-23(30)26(19,24)4/h10,12,14-18,22,24H,5-9,11,13,28H2,1-4H3/t14-,15-,16-,17+,18-,22-,24-,25-,26+,27+/m0/s1. The van der Waals surface area contributed by atoms with Crippen molar-refractivity contribution in [2.75, 3.05) is 6.61 Å². The lowest BCUT2D eigenvalue weighted by Crippen LogP contribution is -2.55. The van der Waals surface area contributed by atoms with Gasteiger partial charge in [-0.25, -0.2) is 0 Å². The monoisotopic (exact) mass is 439 g/mol. The molecule has 10 atom stereocenters. The molecule has 2 saturated heterocycles. The number of carbonyl (C=O) groups excluding carboxylic acids is 2. The van der Waals surface area contributed by atoms with Gasteiger partial charge in [0.25, 0.3) is 0 Å². The molecule has 5 nitrogen and oxygen atoms in total. The molecule has 0 bridgehead atoms. The van der Waals surface area contributed by atoms with Crippen molar-refractivity contribution in [3.63, 3.8) is 0 Å². The SMILES string of the molecule is C[C@H]1CC[C@@]2(OC1)O[C@H]1C=C3[C@@H]4CC[C@H]5CC(=O)C(N)=C[C@]5(C)[C@H]4CC(=O)[C@]3(C)[C@H]1[C@@H]2C. The van der Waals surface area contributed by atoms with E-state index in [-0.39, 0.29) is 35.1 Å². The van der Waals surface area contributed by atoms with Crippen LogP contribution in [0.25, 0.3) is 0 Å². The van der Waals surface area contributed by atoms with E-state index in [1.807, 2.05) is 6.08 Å². The molecule has 4 fully saturated rings. The first kappa shape index (κ1) is 21.1. The molecule has 32 heavy (non-hydrogen) atoms. The Bertz CT molecular complexity index is 943. The molecule has 2 heterocycles. The largest absolute Gasteiger partial charge is 0.396 e. The zero-order valence-corrected chi connectivity index (χ0v) is 19.9. The molecule has 2 N–H and O–H groups in total. The fourth-order valence-electron chi connectivity index (χ4n) is 8.75. The lowest BCUT2D eigenvalue weighted by atomic mass is 9.46. The molecule has 2 aliphatic heterocycles. The van der Waals surface area contributed by atoms with Crippen molar-refractivity contribution in [2.45, 2.75) is 78.1 Å². The molecule has 2 saturated carbocycles. The minimum absolute atomic E-state index is 0.0415. The highest BCUT2D eigenvalue weighted by atomic mass is 16.7. The van der Waals surface area contributed by atoms with Gasteiger partial charge >= 0.3 is 0 Å². The summed E-state index contributed by atoms with van der Waals surface area (Å²) in [5.41, 5.74) is 7.17. The number of Topliss-reactive ketones (excluding diaryl/α,β-unsaturated/α-hetero) is 2. The maximum absolute atomic E-state index is 14.0. The summed E-state index contributed by atoms with van der Waals surface area (Å²) < 4.78 is 13.0. The van der Waals surface area contributed by atoms with Crippen molar-refractivity contribution in [3.05, 3.63) is 23.4 Å². The van der Waals surface area contributed by atoms with Crippen molar-refractivity contribution in [2.24, 2.45) is 52.1 Å². The fourth-order valence-corrected chi connectivity index (χ4v) is 8.75. The normalized spacial score (nSPS) is 54.4. The van der Waals surface area contributed by atoms with Gasteiger partial charge in [0.15, 0.2) is 11.6 Å². The minimum atomic E-state index is -0.533. The Kier molecular flexibility index (Phi) is 4.33. The van der Waals surface area contributed by atoms with E-state index >= 15 is 0 Å². The first-order chi connectivity index (χ1) is 15.1. The predicted octanol–water partition coefficient (Wildman–Crippen LogP) is 4.16. The number of ketones is 2. The van der Waals surface area contributed by atoms with Crippen LogP contribution in [0.2, 0.25) is 0 Å². The number of fused-ring (bicyclic) bond motifs is 7. The van der Waals surface area contributed by atoms with Gasteiger partial charge in [0, 0.05) is 31.1 Å². The van der Waals surface area contributed by atoms with Crippen molar-refractivity contribution >= 4 is 11.6 Å². The van der Waals surface area contributed by atoms with Crippen LogP contribution in [0.3, 0.4) is 0 Å². The molecule has 0 aromatic rings. The predicted molar refractivity (Wildman–Crippen MR) is 120 cm³/mol. The highest BCUT2D eigenvalue weighted by Crippen LogP contribution is 2.67. The number of rotatable bonds is 0. The third kappa shape index (κ3) is 2.47. The molecule has 6 aliphatic rings. The third-order valence-corrected chi connectivity index (χ3v) is 10.7. The van der Waals surface area contributed by atoms with Gasteiger partial charge in [-0.2, -0.15) is 0 Å². The van der Waals surface area contributed by atoms with E-state index in [1.54, 1.807) is 0 Å². The van der Waals surface area contributed by atoms with Crippen molar-refractivity contribution < 1.29 is 19.1 Å². The molecule has 1 spiro atoms. The first-order valence-electron chi connectivity index (χ1n) is 12.7. The number of nitrogens with two attached hydrogens (primary N) is 1. The van der Waals surface area contributed by atoms with Crippen LogP contribution >= 0.6 is 0 Å². The van der Waals surface area contributed by atoms with Gasteiger partial charge < -0.3 is 15.2 Å². The average Bonchev–Trinajstić information content (AvgIpc) is 3.19. The van der Waals surface area contributed by atoms with E-state index in [1.165, 1.54) is 5.57 Å². The van der Waals surface area contributed by atoms with Gasteiger partial charge in [-0.3, -0.25) is 9.59 Å². The van der Waals surface area contributed by atoms with Crippen LogP contribution in [-0.4, -0.2) is 30.1 Å². The van der Waals surface area contributed by atoms with Crippen LogP contribution in [0.5, 0.6) is 0 Å². The summed E-state index contributed by atoms with van der Waals surface area (Å²) in [6.07, 6.45) is 9.48. The number of allylic oxidation sites excluding steroid dienone is 3. The van der Waals surface area contributed by atoms with Crippen LogP contribution in [0, 0.1) is 46.3 Å². The highest BCUT2D eigenvalue weighted by molar-refractivity contribution is 5.96. The summed E-state index contributed by atoms with van der Waals surface area (Å²) in [7, 11) is 0. The van der Waals surface area contributed by atoms with Gasteiger partial charge in [-0.1, -0.05) is 38.5 Å². The van der Waals surface area contributed by atoms with Crippen molar-refractivity contribution in [3.8, 4) is 0 Å². The third-order valence-electron chi connectivity index (χ3n) is 10.7. The average molecular weight is 440 g/mol. The molecular formula is C27H37NO4. The Labute approximate surface area is 191 Å². The van der Waals surface area contributed by atoms with Gasteiger partial charge in [-0.05, 0) is 55.3 Å². The molecular weight excluding hydrogens is 402 g/mol. The lowest BCUT2D eigenvalue weighted by molar-refractivity contribution is -0.265. The van der Waals surface area contributed by atoms with Crippen LogP contribution in [0.15, 0.2) is 23.4 Å². The zero-order valence-electron chi connectivity index (χ0n) is 19.9. The van der Waals surface area contributed by atoms with Crippen LogP contribution in [0.1, 0.15) is 66.2 Å². The maximum atomic E-state index is 14.0. The van der Waals surface area contributed by atoms with E-state index in [0.717, 1.165) is 32.3 Å². The van der Waals surface area contributed by atoms with Gasteiger partial charge in [-0.15, -0.1) is 0 Å². The molecule has 0 aromatic carbocycles. The van der Waals surface area contributed by atoms with Gasteiger partial charge in [0.2, 0.25) is 0 Å². The van der Waals surface area contributed by atoms with Gasteiger partial charge in [0.05, 0.1) is 23.8 Å². The minimum Gasteiger partial charge on any atom is -0.396 e. The van der Waals surface area contributed by atoms with E-state index in [0.29, 0.717) is 42.1 Å².